The van der Waals surface area contributed by atoms with Crippen molar-refractivity contribution in [3.05, 3.63) is 75.8 Å². The number of aryl methyl sites for hydroxylation is 2. The van der Waals surface area contributed by atoms with E-state index in [9.17, 15) is 4.79 Å². The average Bonchev–Trinajstić information content (AvgIpc) is 3.02. The minimum atomic E-state index is -0.0213. The highest BCUT2D eigenvalue weighted by Crippen LogP contribution is 2.25. The molecule has 4 heteroatoms. The van der Waals surface area contributed by atoms with E-state index in [1.807, 2.05) is 31.2 Å². The van der Waals surface area contributed by atoms with Gasteiger partial charge < -0.3 is 4.98 Å². The number of nitrogens with one attached hydrogen (secondary N) is 1. The Labute approximate surface area is 139 Å². The standard InChI is InChI=1S/C20H19N3O/c1-3-23-20(24)16-9-5-4-8-15(16)18(22-23)11-14-12-21-17-10-6-7-13(2)19(14)17/h4-10,12,21H,3,11H2,1-2H3. The molecule has 0 radical (unpaired) electrons. The van der Waals surface area contributed by atoms with Crippen LogP contribution in [-0.4, -0.2) is 14.8 Å². The highest BCUT2D eigenvalue weighted by atomic mass is 16.1. The highest BCUT2D eigenvalue weighted by molar-refractivity contribution is 5.88. The van der Waals surface area contributed by atoms with Gasteiger partial charge in [-0.05, 0) is 37.1 Å². The summed E-state index contributed by atoms with van der Waals surface area (Å²) in [6, 6.07) is 14.0. The molecule has 0 unspecified atom stereocenters. The molecule has 0 saturated heterocycles. The van der Waals surface area contributed by atoms with Crippen molar-refractivity contribution in [2.75, 3.05) is 0 Å². The maximum atomic E-state index is 12.5. The minimum Gasteiger partial charge on any atom is -0.361 e. The summed E-state index contributed by atoms with van der Waals surface area (Å²) in [5.74, 6) is 0. The van der Waals surface area contributed by atoms with Gasteiger partial charge in [0.25, 0.3) is 5.56 Å². The highest BCUT2D eigenvalue weighted by Gasteiger charge is 2.13. The Morgan fingerprint density at radius 2 is 1.88 bits per heavy atom. The van der Waals surface area contributed by atoms with Crippen LogP contribution in [0, 0.1) is 6.92 Å². The first-order chi connectivity index (χ1) is 11.7. The molecule has 1 N–H and O–H groups in total. The molecule has 4 nitrogen and oxygen atoms in total. The second-order valence-corrected chi connectivity index (χ2v) is 6.10. The first-order valence-electron chi connectivity index (χ1n) is 8.23. The molecule has 0 fully saturated rings. The molecule has 0 aliphatic heterocycles. The molecule has 0 aliphatic rings. The van der Waals surface area contributed by atoms with Crippen LogP contribution in [0.4, 0.5) is 0 Å². The molecule has 0 bridgehead atoms. The molecule has 2 heterocycles. The van der Waals surface area contributed by atoms with Crippen molar-refractivity contribution in [2.24, 2.45) is 0 Å². The maximum absolute atomic E-state index is 12.5. The zero-order valence-electron chi connectivity index (χ0n) is 13.8. The smallest absolute Gasteiger partial charge is 0.274 e. The monoisotopic (exact) mass is 317 g/mol. The number of nitrogens with zero attached hydrogens (tertiary/aromatic N) is 2. The van der Waals surface area contributed by atoms with Gasteiger partial charge in [-0.15, -0.1) is 0 Å². The van der Waals surface area contributed by atoms with Gasteiger partial charge >= 0.3 is 0 Å². The normalized spacial score (nSPS) is 11.4. The largest absolute Gasteiger partial charge is 0.361 e. The van der Waals surface area contributed by atoms with Crippen molar-refractivity contribution in [3.63, 3.8) is 0 Å². The third-order valence-corrected chi connectivity index (χ3v) is 4.60. The van der Waals surface area contributed by atoms with Gasteiger partial charge in [0.05, 0.1) is 11.1 Å². The van der Waals surface area contributed by atoms with Gasteiger partial charge in [-0.3, -0.25) is 4.79 Å². The number of hydrogen-bond acceptors (Lipinski definition) is 2. The number of fused-ring (bicyclic) bond motifs is 2. The number of aromatic amines is 1. The summed E-state index contributed by atoms with van der Waals surface area (Å²) in [5.41, 5.74) is 4.51. The summed E-state index contributed by atoms with van der Waals surface area (Å²) < 4.78 is 1.55. The Morgan fingerprint density at radius 1 is 1.08 bits per heavy atom. The van der Waals surface area contributed by atoms with Gasteiger partial charge in [0.2, 0.25) is 0 Å². The van der Waals surface area contributed by atoms with E-state index in [2.05, 4.69) is 41.4 Å². The van der Waals surface area contributed by atoms with Gasteiger partial charge in [-0.2, -0.15) is 5.10 Å². The lowest BCUT2D eigenvalue weighted by atomic mass is 10.0. The molecule has 2 aromatic heterocycles. The van der Waals surface area contributed by atoms with E-state index >= 15 is 0 Å². The van der Waals surface area contributed by atoms with Crippen molar-refractivity contribution >= 4 is 21.7 Å². The van der Waals surface area contributed by atoms with Crippen LogP contribution >= 0.6 is 0 Å². The lowest BCUT2D eigenvalue weighted by molar-refractivity contribution is 0.610. The van der Waals surface area contributed by atoms with Gasteiger partial charge in [-0.1, -0.05) is 30.3 Å². The predicted molar refractivity (Wildman–Crippen MR) is 97.5 cm³/mol. The fraction of sp³-hybridized carbons (Fsp3) is 0.200. The van der Waals surface area contributed by atoms with Crippen LogP contribution in [0.5, 0.6) is 0 Å². The molecule has 24 heavy (non-hydrogen) atoms. The van der Waals surface area contributed by atoms with E-state index < -0.39 is 0 Å². The summed E-state index contributed by atoms with van der Waals surface area (Å²) >= 11 is 0. The maximum Gasteiger partial charge on any atom is 0.274 e. The zero-order chi connectivity index (χ0) is 16.7. The van der Waals surface area contributed by atoms with Crippen LogP contribution in [0.3, 0.4) is 0 Å². The molecule has 120 valence electrons. The van der Waals surface area contributed by atoms with Crippen molar-refractivity contribution in [1.82, 2.24) is 14.8 Å². The van der Waals surface area contributed by atoms with Gasteiger partial charge in [0, 0.05) is 35.5 Å². The molecule has 4 rings (SSSR count). The molecule has 0 atom stereocenters. The quantitative estimate of drug-likeness (QED) is 0.625. The molecular formula is C20H19N3O. The first-order valence-corrected chi connectivity index (χ1v) is 8.23. The molecule has 0 spiro atoms. The van der Waals surface area contributed by atoms with Crippen molar-refractivity contribution in [3.8, 4) is 0 Å². The molecule has 4 aromatic rings. The van der Waals surface area contributed by atoms with Crippen molar-refractivity contribution in [2.45, 2.75) is 26.8 Å². The van der Waals surface area contributed by atoms with E-state index in [0.29, 0.717) is 13.0 Å². The van der Waals surface area contributed by atoms with Gasteiger partial charge in [0.1, 0.15) is 0 Å². The lowest BCUT2D eigenvalue weighted by Crippen LogP contribution is -2.23. The van der Waals surface area contributed by atoms with E-state index in [4.69, 9.17) is 0 Å². The van der Waals surface area contributed by atoms with Crippen molar-refractivity contribution < 1.29 is 0 Å². The molecular weight excluding hydrogens is 298 g/mol. The lowest BCUT2D eigenvalue weighted by Gasteiger charge is -2.10. The van der Waals surface area contributed by atoms with E-state index in [1.54, 1.807) is 4.68 Å². The Balaban J connectivity index is 1.93. The fourth-order valence-electron chi connectivity index (χ4n) is 3.42. The van der Waals surface area contributed by atoms with Crippen LogP contribution < -0.4 is 5.56 Å². The minimum absolute atomic E-state index is 0.0213. The Kier molecular flexibility index (Phi) is 3.45. The van der Waals surface area contributed by atoms with Crippen LogP contribution in [0.15, 0.2) is 53.5 Å². The number of rotatable bonds is 3. The van der Waals surface area contributed by atoms with E-state index in [1.165, 1.54) is 16.5 Å². The topological polar surface area (TPSA) is 50.7 Å². The zero-order valence-corrected chi connectivity index (χ0v) is 13.8. The summed E-state index contributed by atoms with van der Waals surface area (Å²) in [6.07, 6.45) is 2.75. The fourth-order valence-corrected chi connectivity index (χ4v) is 3.42. The number of benzene rings is 2. The van der Waals surface area contributed by atoms with Gasteiger partial charge in [0.15, 0.2) is 0 Å². The molecule has 0 aliphatic carbocycles. The third kappa shape index (κ3) is 2.22. The van der Waals surface area contributed by atoms with Crippen LogP contribution in [0.1, 0.15) is 23.7 Å². The Bertz CT molecular complexity index is 1100. The van der Waals surface area contributed by atoms with E-state index in [0.717, 1.165) is 22.0 Å². The molecule has 2 aromatic carbocycles. The van der Waals surface area contributed by atoms with E-state index in [-0.39, 0.29) is 5.56 Å². The SMILES string of the molecule is CCn1nc(Cc2c[nH]c3cccc(C)c23)c2ccccc2c1=O. The molecule has 0 amide bonds. The van der Waals surface area contributed by atoms with Crippen LogP contribution in [0.2, 0.25) is 0 Å². The predicted octanol–water partition coefficient (Wildman–Crippen LogP) is 3.80. The third-order valence-electron chi connectivity index (χ3n) is 4.60. The second-order valence-electron chi connectivity index (χ2n) is 6.10. The summed E-state index contributed by atoms with van der Waals surface area (Å²) in [5, 5.41) is 7.55. The average molecular weight is 317 g/mol. The Morgan fingerprint density at radius 3 is 2.67 bits per heavy atom. The van der Waals surface area contributed by atoms with Gasteiger partial charge in [-0.25, -0.2) is 4.68 Å². The van der Waals surface area contributed by atoms with Crippen LogP contribution in [-0.2, 0) is 13.0 Å². The van der Waals surface area contributed by atoms with Crippen molar-refractivity contribution in [1.29, 1.82) is 0 Å². The van der Waals surface area contributed by atoms with Crippen LogP contribution in [0.25, 0.3) is 21.7 Å². The summed E-state index contributed by atoms with van der Waals surface area (Å²) in [6.45, 7) is 4.64. The first kappa shape index (κ1) is 14.7. The summed E-state index contributed by atoms with van der Waals surface area (Å²) in [4.78, 5) is 15.8. The second kappa shape index (κ2) is 5.64. The summed E-state index contributed by atoms with van der Waals surface area (Å²) in [7, 11) is 0. The number of H-pyrrole nitrogens is 1. The number of hydrogen-bond donors (Lipinski definition) is 1. The number of aromatic nitrogens is 3. The molecule has 0 saturated carbocycles. The Hall–Kier alpha value is -2.88.